The van der Waals surface area contributed by atoms with Crippen molar-refractivity contribution in [3.8, 4) is 0 Å². The fourth-order valence-corrected chi connectivity index (χ4v) is 7.25. The molecule has 1 unspecified atom stereocenters. The molecule has 0 bridgehead atoms. The number of hydrogen-bond donors (Lipinski definition) is 6. The number of phosphoric ester groups is 2. The minimum atomic E-state index is -4.89. The van der Waals surface area contributed by atoms with Gasteiger partial charge in [-0.25, -0.2) is 9.13 Å². The summed E-state index contributed by atoms with van der Waals surface area (Å²) in [6.07, 6.45) is 38.3. The van der Waals surface area contributed by atoms with Gasteiger partial charge in [0, 0.05) is 12.8 Å². The molecule has 0 aliphatic carbocycles. The Morgan fingerprint density at radius 1 is 0.569 bits per heavy atom. The number of ether oxygens (including phenoxy) is 2. The van der Waals surface area contributed by atoms with Gasteiger partial charge in [0.05, 0.1) is 32.0 Å². The number of unbranched alkanes of at least 4 members (excludes halogenated alkanes) is 14. The van der Waals surface area contributed by atoms with Gasteiger partial charge >= 0.3 is 27.6 Å². The van der Waals surface area contributed by atoms with E-state index in [0.29, 0.717) is 32.1 Å². The second-order valence-corrected chi connectivity index (χ2v) is 19.2. The maximum atomic E-state index is 12.7. The molecule has 0 saturated carbocycles. The molecule has 65 heavy (non-hydrogen) atoms. The van der Waals surface area contributed by atoms with Gasteiger partial charge in [-0.1, -0.05) is 184 Å². The Balaban J connectivity index is 4.71. The summed E-state index contributed by atoms with van der Waals surface area (Å²) in [5, 5.41) is 29.8. The average Bonchev–Trinajstić information content (AvgIpc) is 3.24. The molecule has 0 saturated heterocycles. The second kappa shape index (κ2) is 41.7. The van der Waals surface area contributed by atoms with E-state index in [1.807, 2.05) is 37.3 Å². The predicted octanol–water partition coefficient (Wildman–Crippen LogP) is 10.4. The lowest BCUT2D eigenvalue weighted by Crippen LogP contribution is -2.29. The van der Waals surface area contributed by atoms with Crippen LogP contribution in [0.3, 0.4) is 0 Å². The third-order valence-electron chi connectivity index (χ3n) is 9.70. The maximum Gasteiger partial charge on any atom is 0.472 e. The highest BCUT2D eigenvalue weighted by atomic mass is 31.2. The van der Waals surface area contributed by atoms with Gasteiger partial charge in [0.2, 0.25) is 0 Å². The van der Waals surface area contributed by atoms with E-state index in [-0.39, 0.29) is 12.8 Å². The van der Waals surface area contributed by atoms with Crippen molar-refractivity contribution in [2.24, 2.45) is 5.92 Å². The minimum Gasteiger partial charge on any atom is -0.462 e. The number of aliphatic hydroxyl groups is 3. The van der Waals surface area contributed by atoms with Crippen LogP contribution in [0.2, 0.25) is 0 Å². The summed E-state index contributed by atoms with van der Waals surface area (Å²) in [6.45, 7) is 3.68. The van der Waals surface area contributed by atoms with E-state index in [1.54, 1.807) is 42.5 Å². The van der Waals surface area contributed by atoms with E-state index in [9.17, 15) is 38.9 Å². The molecule has 0 aromatic heterocycles. The molecule has 0 spiro atoms. The second-order valence-electron chi connectivity index (χ2n) is 16.5. The van der Waals surface area contributed by atoms with E-state index >= 15 is 0 Å². The maximum absolute atomic E-state index is 12.7. The first-order valence-electron chi connectivity index (χ1n) is 23.7. The monoisotopic (exact) mass is 963 g/mol. The summed E-state index contributed by atoms with van der Waals surface area (Å²) < 4.78 is 47.7. The number of allylic oxidation sites excluding steroid dienone is 8. The Labute approximate surface area is 390 Å². The number of hydrogen-bond acceptors (Lipinski definition) is 12. The van der Waals surface area contributed by atoms with Crippen LogP contribution in [0, 0.1) is 5.92 Å². The molecule has 0 aromatic carbocycles. The molecular weight excluding hydrogens is 878 g/mol. The molecule has 5 atom stereocenters. The van der Waals surface area contributed by atoms with Gasteiger partial charge in [-0.05, 0) is 44.4 Å². The summed E-state index contributed by atoms with van der Waals surface area (Å²) in [4.78, 5) is 52.8. The van der Waals surface area contributed by atoms with Gasteiger partial charge in [0.25, 0.3) is 0 Å². The van der Waals surface area contributed by atoms with Crippen molar-refractivity contribution in [1.29, 1.82) is 0 Å². The van der Waals surface area contributed by atoms with Crippen molar-refractivity contribution in [1.82, 2.24) is 0 Å². The molecule has 0 fully saturated rings. The summed E-state index contributed by atoms with van der Waals surface area (Å²) in [6, 6.07) is 0. The van der Waals surface area contributed by atoms with Crippen molar-refractivity contribution < 1.29 is 71.8 Å². The Morgan fingerprint density at radius 3 is 1.69 bits per heavy atom. The van der Waals surface area contributed by atoms with Crippen molar-refractivity contribution in [3.63, 3.8) is 0 Å². The first-order valence-corrected chi connectivity index (χ1v) is 26.7. The molecule has 376 valence electrons. The van der Waals surface area contributed by atoms with Crippen LogP contribution in [0.4, 0.5) is 0 Å². The quantitative estimate of drug-likeness (QED) is 0.0110. The predicted molar refractivity (Wildman–Crippen MR) is 256 cm³/mol. The molecular formula is C48H84O15P2. The normalized spacial score (nSPS) is 15.6. The minimum absolute atomic E-state index is 0.0568. The number of rotatable bonds is 43. The fraction of sp³-hybridized carbons (Fsp3) is 0.708. The number of carbonyl (C=O) groups excluding carboxylic acids is 2. The van der Waals surface area contributed by atoms with Crippen molar-refractivity contribution in [2.75, 3.05) is 26.4 Å². The summed E-state index contributed by atoms with van der Waals surface area (Å²) in [7, 11) is -9.76. The Hall–Kier alpha value is -2.52. The van der Waals surface area contributed by atoms with Crippen LogP contribution in [0.25, 0.3) is 0 Å². The first-order chi connectivity index (χ1) is 31.0. The summed E-state index contributed by atoms with van der Waals surface area (Å²) >= 11 is 0. The molecule has 0 radical (unpaired) electrons. The lowest BCUT2D eigenvalue weighted by atomic mass is 10.0. The van der Waals surface area contributed by atoms with Crippen LogP contribution < -0.4 is 0 Å². The lowest BCUT2D eigenvalue weighted by molar-refractivity contribution is -0.161. The van der Waals surface area contributed by atoms with Gasteiger partial charge < -0.3 is 39.5 Å². The topological polar surface area (TPSA) is 236 Å². The van der Waals surface area contributed by atoms with Gasteiger partial charge in [0.15, 0.2) is 6.10 Å². The average molecular weight is 963 g/mol. The van der Waals surface area contributed by atoms with Gasteiger partial charge in [0.1, 0.15) is 12.7 Å². The molecule has 0 aliphatic heterocycles. The smallest absolute Gasteiger partial charge is 0.462 e. The van der Waals surface area contributed by atoms with E-state index < -0.39 is 78.4 Å². The van der Waals surface area contributed by atoms with Crippen LogP contribution in [0.15, 0.2) is 72.9 Å². The molecule has 17 heteroatoms. The first kappa shape index (κ1) is 62.5. The summed E-state index contributed by atoms with van der Waals surface area (Å²) in [5.41, 5.74) is 0. The van der Waals surface area contributed by atoms with Crippen LogP contribution >= 0.6 is 15.6 Å². The van der Waals surface area contributed by atoms with Gasteiger partial charge in [-0.2, -0.15) is 0 Å². The summed E-state index contributed by atoms with van der Waals surface area (Å²) in [5.74, 6) is -0.415. The lowest BCUT2D eigenvalue weighted by Gasteiger charge is -2.20. The van der Waals surface area contributed by atoms with E-state index in [4.69, 9.17) is 23.8 Å². The fourth-order valence-electron chi connectivity index (χ4n) is 6.10. The highest BCUT2D eigenvalue weighted by Crippen LogP contribution is 2.43. The van der Waals surface area contributed by atoms with E-state index in [2.05, 4.69) is 22.9 Å². The number of carbonyl (C=O) groups is 2. The van der Waals surface area contributed by atoms with Crippen molar-refractivity contribution >= 4 is 27.6 Å². The number of phosphoric acid groups is 2. The van der Waals surface area contributed by atoms with Gasteiger partial charge in [-0.3, -0.25) is 23.2 Å². The largest absolute Gasteiger partial charge is 0.472 e. The zero-order chi connectivity index (χ0) is 48.4. The molecule has 0 heterocycles. The Bertz CT molecular complexity index is 1470. The SMILES string of the molecule is CC/C=C\C[C@H](O)/C=C/C=C\C/C=C\C=C\[C@H](O)/C=C\CCCC(=O)O[C@H](COC(=O)CCCCCCCCCCCCCCCCC(C)C)COP(=O)(O)OC[C@@H](O)COP(=O)(O)O. The Morgan fingerprint density at radius 2 is 1.11 bits per heavy atom. The zero-order valence-corrected chi connectivity index (χ0v) is 41.2. The van der Waals surface area contributed by atoms with E-state index in [0.717, 1.165) is 31.6 Å². The molecule has 0 amide bonds. The van der Waals surface area contributed by atoms with Crippen LogP contribution in [-0.4, -0.2) is 92.8 Å². The molecule has 6 N–H and O–H groups in total. The standard InChI is InChI=1S/C48H84O15P2/c1-4-5-24-32-43(49)33-26-20-16-14-17-21-27-34-44(50)35-28-23-30-37-48(53)63-46(41-62-65(57,58)61-39-45(51)38-60-64(54,55)56)40-59-47(52)36-29-22-18-13-11-9-7-6-8-10-12-15-19-25-31-42(2)3/h5,16-17,20-21,24,26-28,33-35,42-46,49-51H,4,6-15,18-19,22-23,25,29-32,36-41H2,1-3H3,(H,57,58)(H2,54,55,56)/b20-16-,21-17-,24-5-,33-26+,34-27+,35-28-/t43-,44-,45-,46+/m0/s1. The van der Waals surface area contributed by atoms with Gasteiger partial charge in [-0.15, -0.1) is 0 Å². The third-order valence-corrected chi connectivity index (χ3v) is 11.1. The molecule has 0 aromatic rings. The van der Waals surface area contributed by atoms with Crippen LogP contribution in [0.5, 0.6) is 0 Å². The van der Waals surface area contributed by atoms with Crippen LogP contribution in [0.1, 0.15) is 162 Å². The number of esters is 2. The van der Waals surface area contributed by atoms with Crippen molar-refractivity contribution in [3.05, 3.63) is 72.9 Å². The highest BCUT2D eigenvalue weighted by molar-refractivity contribution is 7.47. The van der Waals surface area contributed by atoms with Crippen molar-refractivity contribution in [2.45, 2.75) is 186 Å². The number of aliphatic hydroxyl groups excluding tert-OH is 3. The zero-order valence-electron chi connectivity index (χ0n) is 39.5. The molecule has 15 nitrogen and oxygen atoms in total. The van der Waals surface area contributed by atoms with E-state index in [1.165, 1.54) is 70.6 Å². The molecule has 0 rings (SSSR count). The Kier molecular flexibility index (Phi) is 40.0. The highest BCUT2D eigenvalue weighted by Gasteiger charge is 2.28. The van der Waals surface area contributed by atoms with Crippen LogP contribution in [-0.2, 0) is 41.8 Å². The third kappa shape index (κ3) is 46.4. The molecule has 0 aliphatic rings.